The summed E-state index contributed by atoms with van der Waals surface area (Å²) in [6, 6.07) is 12.0. The van der Waals surface area contributed by atoms with Crippen molar-refractivity contribution in [2.24, 2.45) is 5.92 Å². The van der Waals surface area contributed by atoms with E-state index in [-0.39, 0.29) is 16.9 Å². The zero-order valence-corrected chi connectivity index (χ0v) is 16.2. The summed E-state index contributed by atoms with van der Waals surface area (Å²) in [5, 5.41) is 13.9. The number of aliphatic hydroxyl groups is 1. The van der Waals surface area contributed by atoms with Gasteiger partial charge in [-0.25, -0.2) is 17.8 Å². The molecule has 8 heteroatoms. The molecule has 2 aromatic heterocycles. The van der Waals surface area contributed by atoms with Gasteiger partial charge in [-0.3, -0.25) is 4.98 Å². The normalized spacial score (nSPS) is 20.5. The molecule has 1 atom stereocenters. The number of aryl methyl sites for hydroxylation is 1. The molecular formula is C20H22N4O3S. The summed E-state index contributed by atoms with van der Waals surface area (Å²) in [6.07, 6.45) is 5.78. The van der Waals surface area contributed by atoms with Gasteiger partial charge in [0.15, 0.2) is 0 Å². The molecule has 0 aliphatic heterocycles. The van der Waals surface area contributed by atoms with E-state index in [1.807, 2.05) is 18.2 Å². The number of sulfonamides is 1. The van der Waals surface area contributed by atoms with Gasteiger partial charge in [-0.15, -0.1) is 0 Å². The van der Waals surface area contributed by atoms with Crippen LogP contribution in [0.15, 0.2) is 66.0 Å². The quantitative estimate of drug-likeness (QED) is 0.664. The van der Waals surface area contributed by atoms with Crippen LogP contribution < -0.4 is 4.72 Å². The van der Waals surface area contributed by atoms with Gasteiger partial charge in [-0.1, -0.05) is 12.1 Å². The van der Waals surface area contributed by atoms with E-state index in [0.29, 0.717) is 29.8 Å². The fraction of sp³-hybridized carbons (Fsp3) is 0.300. The van der Waals surface area contributed by atoms with Gasteiger partial charge >= 0.3 is 0 Å². The molecule has 2 heterocycles. The smallest absolute Gasteiger partial charge is 0.241 e. The van der Waals surface area contributed by atoms with Gasteiger partial charge in [0.2, 0.25) is 10.0 Å². The van der Waals surface area contributed by atoms with Crippen molar-refractivity contribution in [2.45, 2.75) is 36.8 Å². The molecule has 28 heavy (non-hydrogen) atoms. The van der Waals surface area contributed by atoms with Crippen molar-refractivity contribution in [3.8, 4) is 5.69 Å². The first-order valence-electron chi connectivity index (χ1n) is 9.16. The molecule has 0 spiro atoms. The van der Waals surface area contributed by atoms with Crippen molar-refractivity contribution < 1.29 is 13.5 Å². The Balaban J connectivity index is 1.68. The highest BCUT2D eigenvalue weighted by Gasteiger charge is 2.38. The summed E-state index contributed by atoms with van der Waals surface area (Å²) < 4.78 is 31.0. The summed E-state index contributed by atoms with van der Waals surface area (Å²) in [7, 11) is -3.80. The highest BCUT2D eigenvalue weighted by Crippen LogP contribution is 2.38. The van der Waals surface area contributed by atoms with Crippen molar-refractivity contribution >= 4 is 10.0 Å². The minimum atomic E-state index is -3.80. The summed E-state index contributed by atoms with van der Waals surface area (Å²) in [4.78, 5) is 4.55. The molecule has 146 valence electrons. The Morgan fingerprint density at radius 2 is 2.00 bits per heavy atom. The molecule has 3 aromatic rings. The first kappa shape index (κ1) is 18.8. The van der Waals surface area contributed by atoms with Crippen LogP contribution in [0.2, 0.25) is 0 Å². The zero-order chi connectivity index (χ0) is 19.7. The SMILES string of the molecule is Cc1ccc(-n2cccn2)cc1S(=O)(=O)NC(c1ccccn1)C1CC(O)C1. The van der Waals surface area contributed by atoms with Gasteiger partial charge in [0.1, 0.15) is 0 Å². The Morgan fingerprint density at radius 1 is 1.18 bits per heavy atom. The third-order valence-corrected chi connectivity index (χ3v) is 6.72. The van der Waals surface area contributed by atoms with E-state index in [4.69, 9.17) is 0 Å². The fourth-order valence-corrected chi connectivity index (χ4v) is 5.08. The second kappa shape index (κ2) is 7.46. The van der Waals surface area contributed by atoms with E-state index in [1.54, 1.807) is 54.5 Å². The van der Waals surface area contributed by atoms with Crippen LogP contribution in [0, 0.1) is 12.8 Å². The highest BCUT2D eigenvalue weighted by atomic mass is 32.2. The van der Waals surface area contributed by atoms with Gasteiger partial charge in [-0.2, -0.15) is 5.10 Å². The fourth-order valence-electron chi connectivity index (χ4n) is 3.53. The Morgan fingerprint density at radius 3 is 2.64 bits per heavy atom. The van der Waals surface area contributed by atoms with E-state index >= 15 is 0 Å². The van der Waals surface area contributed by atoms with Crippen LogP contribution in [0.1, 0.15) is 30.1 Å². The number of nitrogens with zero attached hydrogens (tertiary/aromatic N) is 3. The highest BCUT2D eigenvalue weighted by molar-refractivity contribution is 7.89. The lowest BCUT2D eigenvalue weighted by atomic mass is 9.76. The van der Waals surface area contributed by atoms with E-state index in [9.17, 15) is 13.5 Å². The van der Waals surface area contributed by atoms with Crippen molar-refractivity contribution in [1.29, 1.82) is 0 Å². The predicted molar refractivity (Wildman–Crippen MR) is 104 cm³/mol. The number of pyridine rings is 1. The molecule has 1 saturated carbocycles. The molecule has 1 aliphatic carbocycles. The molecule has 1 unspecified atom stereocenters. The summed E-state index contributed by atoms with van der Waals surface area (Å²) >= 11 is 0. The number of aliphatic hydroxyl groups excluding tert-OH is 1. The average molecular weight is 398 g/mol. The first-order chi connectivity index (χ1) is 13.4. The molecule has 4 rings (SSSR count). The molecule has 0 radical (unpaired) electrons. The number of aromatic nitrogens is 3. The Hall–Kier alpha value is -2.55. The third kappa shape index (κ3) is 3.71. The molecule has 1 aliphatic rings. The second-order valence-electron chi connectivity index (χ2n) is 7.14. The number of rotatable bonds is 6. The van der Waals surface area contributed by atoms with E-state index in [2.05, 4.69) is 14.8 Å². The van der Waals surface area contributed by atoms with Gasteiger partial charge in [0, 0.05) is 18.6 Å². The lowest BCUT2D eigenvalue weighted by molar-refractivity contribution is 0.0273. The largest absolute Gasteiger partial charge is 0.393 e. The zero-order valence-electron chi connectivity index (χ0n) is 15.4. The molecule has 2 N–H and O–H groups in total. The van der Waals surface area contributed by atoms with Crippen molar-refractivity contribution in [3.63, 3.8) is 0 Å². The summed E-state index contributed by atoms with van der Waals surface area (Å²) in [5.41, 5.74) is 1.98. The summed E-state index contributed by atoms with van der Waals surface area (Å²) in [6.45, 7) is 1.77. The number of benzene rings is 1. The topological polar surface area (TPSA) is 97.1 Å². The first-order valence-corrected chi connectivity index (χ1v) is 10.6. The van der Waals surface area contributed by atoms with Crippen LogP contribution in [-0.2, 0) is 10.0 Å². The average Bonchev–Trinajstić information content (AvgIpc) is 3.19. The van der Waals surface area contributed by atoms with Crippen LogP contribution >= 0.6 is 0 Å². The van der Waals surface area contributed by atoms with Crippen LogP contribution in [0.4, 0.5) is 0 Å². The van der Waals surface area contributed by atoms with Crippen LogP contribution in [0.5, 0.6) is 0 Å². The maximum atomic E-state index is 13.3. The Bertz CT molecular complexity index is 1050. The molecule has 0 saturated heterocycles. The van der Waals surface area contributed by atoms with Gasteiger partial charge in [0.05, 0.1) is 28.4 Å². The number of hydrogen-bond donors (Lipinski definition) is 2. The molecule has 0 amide bonds. The van der Waals surface area contributed by atoms with E-state index in [0.717, 1.165) is 0 Å². The van der Waals surface area contributed by atoms with Crippen molar-refractivity contribution in [3.05, 3.63) is 72.3 Å². The number of hydrogen-bond acceptors (Lipinski definition) is 5. The van der Waals surface area contributed by atoms with Crippen LogP contribution in [-0.4, -0.2) is 34.4 Å². The van der Waals surface area contributed by atoms with Crippen LogP contribution in [0.3, 0.4) is 0 Å². The van der Waals surface area contributed by atoms with E-state index in [1.165, 1.54) is 0 Å². The van der Waals surface area contributed by atoms with Gasteiger partial charge in [0.25, 0.3) is 0 Å². The minimum absolute atomic E-state index is 0.00859. The molecule has 1 fully saturated rings. The second-order valence-corrected chi connectivity index (χ2v) is 8.82. The van der Waals surface area contributed by atoms with Crippen LogP contribution in [0.25, 0.3) is 5.69 Å². The van der Waals surface area contributed by atoms with Crippen molar-refractivity contribution in [2.75, 3.05) is 0 Å². The van der Waals surface area contributed by atoms with Gasteiger partial charge in [-0.05, 0) is 61.6 Å². The standard InChI is InChI=1S/C20H22N4O3S/c1-14-6-7-16(24-10-4-9-22-24)13-19(14)28(26,27)23-20(15-11-17(25)12-15)18-5-2-3-8-21-18/h2-10,13,15,17,20,23,25H,11-12H2,1H3. The lowest BCUT2D eigenvalue weighted by Gasteiger charge is -2.37. The maximum Gasteiger partial charge on any atom is 0.241 e. The predicted octanol–water partition coefficient (Wildman–Crippen LogP) is 2.37. The summed E-state index contributed by atoms with van der Waals surface area (Å²) in [5.74, 6) is 0.00859. The number of nitrogens with one attached hydrogen (secondary N) is 1. The lowest BCUT2D eigenvalue weighted by Crippen LogP contribution is -2.41. The van der Waals surface area contributed by atoms with E-state index < -0.39 is 16.1 Å². The monoisotopic (exact) mass is 398 g/mol. The minimum Gasteiger partial charge on any atom is -0.393 e. The van der Waals surface area contributed by atoms with Crippen molar-refractivity contribution in [1.82, 2.24) is 19.5 Å². The Labute approximate surface area is 164 Å². The maximum absolute atomic E-state index is 13.3. The molecular weight excluding hydrogens is 376 g/mol. The third-order valence-electron chi connectivity index (χ3n) is 5.14. The Kier molecular flexibility index (Phi) is 5.01. The van der Waals surface area contributed by atoms with Gasteiger partial charge < -0.3 is 5.11 Å². The molecule has 7 nitrogen and oxygen atoms in total. The molecule has 1 aromatic carbocycles. The molecule has 0 bridgehead atoms.